The van der Waals surface area contributed by atoms with Crippen LogP contribution in [0.15, 0.2) is 0 Å². The van der Waals surface area contributed by atoms with Crippen LogP contribution in [-0.2, 0) is 9.47 Å². The molecule has 0 bridgehead atoms. The average Bonchev–Trinajstić information content (AvgIpc) is 2.26. The normalized spacial score (nSPS) is 40.5. The Balaban J connectivity index is 2.08. The summed E-state index contributed by atoms with van der Waals surface area (Å²) in [6, 6.07) is 0. The van der Waals surface area contributed by atoms with E-state index in [1.54, 1.807) is 0 Å². The number of ether oxygens (including phenoxy) is 2. The molecule has 0 aromatic rings. The number of fused-ring (bicyclic) bond motifs is 1. The van der Waals surface area contributed by atoms with Crippen LogP contribution in [0.5, 0.6) is 0 Å². The van der Waals surface area contributed by atoms with E-state index in [0.717, 1.165) is 6.42 Å². The lowest BCUT2D eigenvalue weighted by Crippen LogP contribution is -2.54. The van der Waals surface area contributed by atoms with Crippen LogP contribution in [0.25, 0.3) is 0 Å². The minimum atomic E-state index is 0.184. The monoisotopic (exact) mass is 226 g/mol. The van der Waals surface area contributed by atoms with E-state index < -0.39 is 0 Å². The molecule has 0 aromatic carbocycles. The van der Waals surface area contributed by atoms with E-state index in [9.17, 15) is 0 Å². The molecule has 0 N–H and O–H groups in total. The summed E-state index contributed by atoms with van der Waals surface area (Å²) < 4.78 is 12.6. The topological polar surface area (TPSA) is 18.5 Å². The first kappa shape index (κ1) is 12.4. The van der Waals surface area contributed by atoms with Gasteiger partial charge < -0.3 is 9.47 Å². The van der Waals surface area contributed by atoms with Crippen molar-refractivity contribution in [2.45, 2.75) is 84.2 Å². The molecule has 16 heavy (non-hydrogen) atoms. The Kier molecular flexibility index (Phi) is 3.60. The predicted octanol–water partition coefficient (Wildman–Crippen LogP) is 3.54. The molecule has 0 aromatic heterocycles. The predicted molar refractivity (Wildman–Crippen MR) is 65.5 cm³/mol. The first-order chi connectivity index (χ1) is 7.52. The maximum Gasteiger partial charge on any atom is 0.0889 e. The zero-order chi connectivity index (χ0) is 11.8. The van der Waals surface area contributed by atoms with Crippen LogP contribution < -0.4 is 0 Å². The van der Waals surface area contributed by atoms with Crippen LogP contribution in [0.4, 0.5) is 0 Å². The van der Waals surface area contributed by atoms with Gasteiger partial charge in [0, 0.05) is 0 Å². The SMILES string of the molecule is CCC1OC2CCCCC2OC1C(C)(C)C. The summed E-state index contributed by atoms with van der Waals surface area (Å²) in [6.45, 7) is 8.97. The molecule has 2 rings (SSSR count). The molecule has 2 aliphatic rings. The van der Waals surface area contributed by atoms with Crippen LogP contribution in [-0.4, -0.2) is 24.4 Å². The summed E-state index contributed by atoms with van der Waals surface area (Å²) >= 11 is 0. The molecule has 1 aliphatic carbocycles. The maximum absolute atomic E-state index is 6.33. The molecule has 1 aliphatic heterocycles. The van der Waals surface area contributed by atoms with Gasteiger partial charge in [-0.05, 0) is 24.7 Å². The quantitative estimate of drug-likeness (QED) is 0.681. The average molecular weight is 226 g/mol. The highest BCUT2D eigenvalue weighted by molar-refractivity contribution is 4.91. The first-order valence-electron chi connectivity index (χ1n) is 6.83. The van der Waals surface area contributed by atoms with E-state index >= 15 is 0 Å². The number of rotatable bonds is 1. The van der Waals surface area contributed by atoms with E-state index in [1.807, 2.05) is 0 Å². The van der Waals surface area contributed by atoms with E-state index in [-0.39, 0.29) is 11.5 Å². The van der Waals surface area contributed by atoms with Crippen molar-refractivity contribution in [3.63, 3.8) is 0 Å². The van der Waals surface area contributed by atoms with Crippen molar-refractivity contribution in [3.05, 3.63) is 0 Å². The second-order valence-corrected chi connectivity index (χ2v) is 6.37. The Bertz CT molecular complexity index is 231. The third-order valence-electron chi connectivity index (χ3n) is 3.91. The lowest BCUT2D eigenvalue weighted by atomic mass is 9.82. The minimum absolute atomic E-state index is 0.184. The smallest absolute Gasteiger partial charge is 0.0889 e. The number of hydrogen-bond donors (Lipinski definition) is 0. The van der Waals surface area contributed by atoms with Gasteiger partial charge in [0.2, 0.25) is 0 Å². The second kappa shape index (κ2) is 4.66. The molecule has 4 unspecified atom stereocenters. The Morgan fingerprint density at radius 2 is 1.56 bits per heavy atom. The van der Waals surface area contributed by atoms with Gasteiger partial charge in [-0.2, -0.15) is 0 Å². The zero-order valence-electron chi connectivity index (χ0n) is 11.2. The first-order valence-corrected chi connectivity index (χ1v) is 6.83. The van der Waals surface area contributed by atoms with Gasteiger partial charge in [-0.15, -0.1) is 0 Å². The molecule has 2 fully saturated rings. The third kappa shape index (κ3) is 2.43. The van der Waals surface area contributed by atoms with Crippen molar-refractivity contribution in [3.8, 4) is 0 Å². The fourth-order valence-corrected chi connectivity index (χ4v) is 3.02. The van der Waals surface area contributed by atoms with Crippen LogP contribution in [0.3, 0.4) is 0 Å². The molecule has 0 spiro atoms. The largest absolute Gasteiger partial charge is 0.370 e. The van der Waals surface area contributed by atoms with Gasteiger partial charge in [0.1, 0.15) is 0 Å². The van der Waals surface area contributed by atoms with Gasteiger partial charge in [-0.25, -0.2) is 0 Å². The summed E-state index contributed by atoms with van der Waals surface area (Å²) in [7, 11) is 0. The highest BCUT2D eigenvalue weighted by Crippen LogP contribution is 2.38. The maximum atomic E-state index is 6.33. The Labute approximate surface area is 99.7 Å². The Morgan fingerprint density at radius 1 is 1.00 bits per heavy atom. The summed E-state index contributed by atoms with van der Waals surface area (Å²) in [5, 5.41) is 0. The molecule has 0 radical (unpaired) electrons. The van der Waals surface area contributed by atoms with Crippen molar-refractivity contribution >= 4 is 0 Å². The molecule has 2 heteroatoms. The summed E-state index contributed by atoms with van der Waals surface area (Å²) in [5.74, 6) is 0. The Morgan fingerprint density at radius 3 is 2.06 bits per heavy atom. The van der Waals surface area contributed by atoms with Gasteiger partial charge in [-0.3, -0.25) is 0 Å². The Hall–Kier alpha value is -0.0800. The van der Waals surface area contributed by atoms with Gasteiger partial charge in [0.15, 0.2) is 0 Å². The van der Waals surface area contributed by atoms with Crippen molar-refractivity contribution < 1.29 is 9.47 Å². The molecule has 1 saturated carbocycles. The summed E-state index contributed by atoms with van der Waals surface area (Å²) in [5.41, 5.74) is 0.184. The standard InChI is InChI=1S/C14H26O2/c1-5-10-13(14(2,3)4)16-12-9-7-6-8-11(12)15-10/h10-13H,5-9H2,1-4H3. The summed E-state index contributed by atoms with van der Waals surface area (Å²) in [4.78, 5) is 0. The van der Waals surface area contributed by atoms with Crippen LogP contribution in [0.2, 0.25) is 0 Å². The fraction of sp³-hybridized carbons (Fsp3) is 1.00. The molecule has 0 amide bonds. The number of hydrogen-bond acceptors (Lipinski definition) is 2. The molecule has 1 heterocycles. The molecule has 1 saturated heterocycles. The fourth-order valence-electron chi connectivity index (χ4n) is 3.02. The van der Waals surface area contributed by atoms with Crippen molar-refractivity contribution in [1.29, 1.82) is 0 Å². The lowest BCUT2D eigenvalue weighted by molar-refractivity contribution is -0.253. The van der Waals surface area contributed by atoms with Crippen molar-refractivity contribution in [1.82, 2.24) is 0 Å². The van der Waals surface area contributed by atoms with E-state index in [4.69, 9.17) is 9.47 Å². The van der Waals surface area contributed by atoms with E-state index in [0.29, 0.717) is 18.3 Å². The molecule has 94 valence electrons. The highest BCUT2D eigenvalue weighted by atomic mass is 16.6. The highest BCUT2D eigenvalue weighted by Gasteiger charge is 2.43. The molecule has 4 atom stereocenters. The van der Waals surface area contributed by atoms with E-state index in [2.05, 4.69) is 27.7 Å². The van der Waals surface area contributed by atoms with Crippen LogP contribution in [0.1, 0.15) is 59.8 Å². The molecular weight excluding hydrogens is 200 g/mol. The third-order valence-corrected chi connectivity index (χ3v) is 3.91. The molecular formula is C14H26O2. The van der Waals surface area contributed by atoms with Gasteiger partial charge in [-0.1, -0.05) is 40.5 Å². The van der Waals surface area contributed by atoms with Crippen molar-refractivity contribution in [2.24, 2.45) is 5.41 Å². The molecule has 2 nitrogen and oxygen atoms in total. The van der Waals surface area contributed by atoms with E-state index in [1.165, 1.54) is 25.7 Å². The van der Waals surface area contributed by atoms with Gasteiger partial charge >= 0.3 is 0 Å². The second-order valence-electron chi connectivity index (χ2n) is 6.37. The van der Waals surface area contributed by atoms with Gasteiger partial charge in [0.25, 0.3) is 0 Å². The summed E-state index contributed by atoms with van der Waals surface area (Å²) in [6.07, 6.45) is 7.34. The zero-order valence-corrected chi connectivity index (χ0v) is 11.2. The van der Waals surface area contributed by atoms with Crippen molar-refractivity contribution in [2.75, 3.05) is 0 Å². The lowest BCUT2D eigenvalue weighted by Gasteiger charge is -2.48. The van der Waals surface area contributed by atoms with Gasteiger partial charge in [0.05, 0.1) is 24.4 Å². The van der Waals surface area contributed by atoms with Crippen LogP contribution >= 0.6 is 0 Å². The van der Waals surface area contributed by atoms with Crippen LogP contribution in [0, 0.1) is 5.41 Å². The minimum Gasteiger partial charge on any atom is -0.370 e.